The average molecular weight is 761 g/mol. The Morgan fingerprint density at radius 2 is 1.21 bits per heavy atom. The molecule has 5 heterocycles. The quantitative estimate of drug-likeness (QED) is 0.183. The third kappa shape index (κ3) is 9.52. The number of thioether (sulfide) groups is 1. The maximum absolute atomic E-state index is 11.8. The zero-order chi connectivity index (χ0) is 36.6. The number of carbonyl (C=O) groups is 3. The lowest BCUT2D eigenvalue weighted by Crippen LogP contribution is -2.29. The Kier molecular flexibility index (Phi) is 12.5. The van der Waals surface area contributed by atoms with Crippen LogP contribution < -0.4 is 15.1 Å². The van der Waals surface area contributed by atoms with Crippen molar-refractivity contribution in [1.82, 2.24) is 35.1 Å². The van der Waals surface area contributed by atoms with E-state index in [0.29, 0.717) is 31.9 Å². The first-order valence-corrected chi connectivity index (χ1v) is 18.5. The average Bonchev–Trinajstić information content (AvgIpc) is 3.30. The SMILES string of the molecule is CN1CCCN(c2cncc(-c3cc(/C=C4\SC(=O)NC4=O)ccc3Cl)n2)CC1.CN1CCCN(c2cncc(-c3cc(C=O)ccc3Cl)n2)CC1. The highest BCUT2D eigenvalue weighted by atomic mass is 35.5. The van der Waals surface area contributed by atoms with Crippen LogP contribution in [0.2, 0.25) is 10.0 Å². The molecule has 12 nitrogen and oxygen atoms in total. The van der Waals surface area contributed by atoms with E-state index in [1.807, 2.05) is 6.07 Å². The zero-order valence-electron chi connectivity index (χ0n) is 29.0. The van der Waals surface area contributed by atoms with Gasteiger partial charge in [-0.25, -0.2) is 9.97 Å². The lowest BCUT2D eigenvalue weighted by Gasteiger charge is -2.21. The number of nitrogens with one attached hydrogen (secondary N) is 1. The van der Waals surface area contributed by atoms with Crippen LogP contribution in [0.3, 0.4) is 0 Å². The van der Waals surface area contributed by atoms with Gasteiger partial charge in [-0.3, -0.25) is 29.7 Å². The highest BCUT2D eigenvalue weighted by molar-refractivity contribution is 8.18. The summed E-state index contributed by atoms with van der Waals surface area (Å²) < 4.78 is 0. The van der Waals surface area contributed by atoms with Crippen LogP contribution in [0.5, 0.6) is 0 Å². The Balaban J connectivity index is 0.000000183. The minimum atomic E-state index is -0.385. The Bertz CT molecular complexity index is 1980. The van der Waals surface area contributed by atoms with Gasteiger partial charge in [-0.2, -0.15) is 0 Å². The predicted octanol–water partition coefficient (Wildman–Crippen LogP) is 6.01. The van der Waals surface area contributed by atoms with Crippen molar-refractivity contribution >= 4 is 70.1 Å². The van der Waals surface area contributed by atoms with Crippen LogP contribution in [-0.2, 0) is 4.79 Å². The van der Waals surface area contributed by atoms with Gasteiger partial charge in [0.25, 0.3) is 11.1 Å². The Hall–Kier alpha value is -4.40. The largest absolute Gasteiger partial charge is 0.354 e. The van der Waals surface area contributed by atoms with Gasteiger partial charge in [0.15, 0.2) is 0 Å². The van der Waals surface area contributed by atoms with Crippen molar-refractivity contribution in [1.29, 1.82) is 0 Å². The number of amides is 2. The van der Waals surface area contributed by atoms with Crippen molar-refractivity contribution in [3.8, 4) is 22.5 Å². The number of rotatable bonds is 6. The molecule has 3 aliphatic heterocycles. The molecule has 0 atom stereocenters. The molecule has 2 aromatic heterocycles. The molecule has 1 N–H and O–H groups in total. The maximum atomic E-state index is 11.8. The van der Waals surface area contributed by atoms with Crippen LogP contribution in [0.25, 0.3) is 28.6 Å². The molecule has 2 aromatic carbocycles. The number of benzene rings is 2. The number of hydrogen-bond acceptors (Lipinski definition) is 12. The number of halogens is 2. The summed E-state index contributed by atoms with van der Waals surface area (Å²) in [6.45, 7) is 7.87. The van der Waals surface area contributed by atoms with E-state index in [0.717, 1.165) is 112 Å². The van der Waals surface area contributed by atoms with Gasteiger partial charge in [-0.1, -0.05) is 35.3 Å². The fourth-order valence-corrected chi connectivity index (χ4v) is 7.15. The number of likely N-dealkylation sites (N-methyl/N-ethyl adjacent to an activating group) is 2. The third-order valence-electron chi connectivity index (χ3n) is 8.94. The molecule has 0 aliphatic carbocycles. The lowest BCUT2D eigenvalue weighted by atomic mass is 10.1. The zero-order valence-corrected chi connectivity index (χ0v) is 31.3. The minimum Gasteiger partial charge on any atom is -0.354 e. The number of anilines is 2. The number of aromatic nitrogens is 4. The molecule has 3 aliphatic rings. The van der Waals surface area contributed by atoms with E-state index in [-0.39, 0.29) is 11.1 Å². The number of carbonyl (C=O) groups excluding carboxylic acids is 3. The van der Waals surface area contributed by atoms with Gasteiger partial charge in [-0.05, 0) is 87.7 Å². The summed E-state index contributed by atoms with van der Waals surface area (Å²) >= 11 is 13.6. The van der Waals surface area contributed by atoms with E-state index in [1.165, 1.54) is 0 Å². The Morgan fingerprint density at radius 3 is 1.71 bits per heavy atom. The van der Waals surface area contributed by atoms with Crippen LogP contribution in [0.1, 0.15) is 28.8 Å². The van der Waals surface area contributed by atoms with E-state index >= 15 is 0 Å². The molecule has 15 heteroatoms. The summed E-state index contributed by atoms with van der Waals surface area (Å²) in [5, 5.41) is 3.01. The first-order valence-electron chi connectivity index (χ1n) is 17.0. The lowest BCUT2D eigenvalue weighted by molar-refractivity contribution is -0.115. The van der Waals surface area contributed by atoms with Crippen LogP contribution in [0.15, 0.2) is 66.1 Å². The Labute approximate surface area is 317 Å². The summed E-state index contributed by atoms with van der Waals surface area (Å²) in [4.78, 5) is 61.9. The van der Waals surface area contributed by atoms with E-state index in [4.69, 9.17) is 33.2 Å². The monoisotopic (exact) mass is 759 g/mol. The van der Waals surface area contributed by atoms with E-state index in [2.05, 4.69) is 49.0 Å². The number of aldehydes is 1. The van der Waals surface area contributed by atoms with E-state index in [1.54, 1.807) is 61.2 Å². The van der Waals surface area contributed by atoms with Gasteiger partial charge in [0.05, 0.1) is 51.1 Å². The molecule has 7 rings (SSSR count). The number of imide groups is 1. The third-order valence-corrected chi connectivity index (χ3v) is 10.4. The van der Waals surface area contributed by atoms with Crippen molar-refractivity contribution in [2.45, 2.75) is 12.8 Å². The fourth-order valence-electron chi connectivity index (χ4n) is 6.04. The van der Waals surface area contributed by atoms with Crippen LogP contribution in [-0.4, -0.2) is 114 Å². The second kappa shape index (κ2) is 17.4. The molecule has 0 radical (unpaired) electrons. The van der Waals surface area contributed by atoms with Gasteiger partial charge in [0.2, 0.25) is 0 Å². The van der Waals surface area contributed by atoms with Crippen LogP contribution >= 0.6 is 35.0 Å². The molecular weight excluding hydrogens is 721 g/mol. The number of hydrogen-bond donors (Lipinski definition) is 1. The predicted molar refractivity (Wildman–Crippen MR) is 208 cm³/mol. The van der Waals surface area contributed by atoms with E-state index in [9.17, 15) is 14.4 Å². The topological polar surface area (TPSA) is 128 Å². The van der Waals surface area contributed by atoms with Crippen molar-refractivity contribution in [2.75, 3.05) is 76.3 Å². The smallest absolute Gasteiger partial charge is 0.290 e. The molecule has 4 aromatic rings. The molecule has 3 saturated heterocycles. The van der Waals surface area contributed by atoms with Crippen molar-refractivity contribution in [3.63, 3.8) is 0 Å². The molecule has 0 spiro atoms. The van der Waals surface area contributed by atoms with Crippen molar-refractivity contribution in [2.24, 2.45) is 0 Å². The number of nitrogens with zero attached hydrogens (tertiary/aromatic N) is 8. The second-order valence-corrected chi connectivity index (χ2v) is 14.6. The summed E-state index contributed by atoms with van der Waals surface area (Å²) in [6.07, 6.45) is 11.6. The summed E-state index contributed by atoms with van der Waals surface area (Å²) in [5.41, 5.74) is 4.17. The highest BCUT2D eigenvalue weighted by Gasteiger charge is 2.25. The second-order valence-electron chi connectivity index (χ2n) is 12.8. The maximum Gasteiger partial charge on any atom is 0.290 e. The van der Waals surface area contributed by atoms with Gasteiger partial charge in [0.1, 0.15) is 17.9 Å². The summed E-state index contributed by atoms with van der Waals surface area (Å²) in [6, 6.07) is 10.6. The summed E-state index contributed by atoms with van der Waals surface area (Å²) in [5.74, 6) is 1.30. The Morgan fingerprint density at radius 1 is 0.692 bits per heavy atom. The molecule has 270 valence electrons. The summed E-state index contributed by atoms with van der Waals surface area (Å²) in [7, 11) is 4.26. The molecule has 3 fully saturated rings. The minimum absolute atomic E-state index is 0.358. The van der Waals surface area contributed by atoms with Crippen molar-refractivity contribution < 1.29 is 14.4 Å². The normalized spacial score (nSPS) is 18.0. The van der Waals surface area contributed by atoms with Crippen LogP contribution in [0.4, 0.5) is 16.4 Å². The van der Waals surface area contributed by atoms with Gasteiger partial charge in [-0.15, -0.1) is 0 Å². The molecule has 2 amide bonds. The van der Waals surface area contributed by atoms with Gasteiger partial charge < -0.3 is 19.6 Å². The molecule has 0 bridgehead atoms. The first-order chi connectivity index (χ1) is 25.2. The molecule has 0 saturated carbocycles. The van der Waals surface area contributed by atoms with Crippen LogP contribution in [0, 0.1) is 0 Å². The van der Waals surface area contributed by atoms with Gasteiger partial charge in [0, 0.05) is 56.0 Å². The standard InChI is InChI=1S/C20H20ClN5O2S.C17H19ClN4O/c1-25-5-2-6-26(8-7-25)18-12-22-11-16(23-18)14-9-13(3-4-15(14)21)10-17-19(27)24-20(28)29-17;1-21-5-2-6-22(8-7-21)17-11-19-10-16(20-17)14-9-13(12-23)3-4-15(14)18/h3-4,9-12H,2,5-8H2,1H3,(H,24,27,28);3-4,9-12H,2,5-8H2,1H3/b17-10-;. The highest BCUT2D eigenvalue weighted by Crippen LogP contribution is 2.32. The van der Waals surface area contributed by atoms with Gasteiger partial charge >= 0.3 is 0 Å². The van der Waals surface area contributed by atoms with Crippen molar-refractivity contribution in [3.05, 3.63) is 87.3 Å². The van der Waals surface area contributed by atoms with E-state index < -0.39 is 0 Å². The molecule has 52 heavy (non-hydrogen) atoms. The fraction of sp³-hybridized carbons (Fsp3) is 0.324. The molecular formula is C37H39Cl2N9O3S. The molecule has 0 unspecified atom stereocenters. The first kappa shape index (κ1) is 37.4.